The fourth-order valence-corrected chi connectivity index (χ4v) is 11.6. The van der Waals surface area contributed by atoms with Gasteiger partial charge in [0.2, 0.25) is 0 Å². The molecule has 6 aliphatic carbocycles. The van der Waals surface area contributed by atoms with Crippen LogP contribution in [-0.4, -0.2) is 52.7 Å². The summed E-state index contributed by atoms with van der Waals surface area (Å²) in [4.78, 5) is 18.8. The quantitative estimate of drug-likeness (QED) is 0.271. The van der Waals surface area contributed by atoms with Crippen LogP contribution in [-0.2, 0) is 6.42 Å². The van der Waals surface area contributed by atoms with Gasteiger partial charge in [0.1, 0.15) is 0 Å². The zero-order valence-electron chi connectivity index (χ0n) is 25.7. The Bertz CT molecular complexity index is 1450. The molecule has 2 aromatic rings. The highest BCUT2D eigenvalue weighted by Crippen LogP contribution is 2.78. The summed E-state index contributed by atoms with van der Waals surface area (Å²) in [6, 6.07) is 14.7. The largest absolute Gasteiger partial charge is 0.393 e. The van der Waals surface area contributed by atoms with Crippen LogP contribution in [0.4, 0.5) is 0 Å². The fourth-order valence-electron chi connectivity index (χ4n) is 10.8. The Labute approximate surface area is 255 Å². The summed E-state index contributed by atoms with van der Waals surface area (Å²) in [5, 5.41) is 23.5. The summed E-state index contributed by atoms with van der Waals surface area (Å²) in [7, 11) is 2.15. The van der Waals surface area contributed by atoms with E-state index in [9.17, 15) is 15.0 Å². The minimum Gasteiger partial charge on any atom is -0.393 e. The number of nitrogens with zero attached hydrogens (tertiary/aromatic N) is 1. The smallest absolute Gasteiger partial charge is 0.199 e. The topological polar surface area (TPSA) is 60.8 Å². The number of rotatable bonds is 7. The molecule has 0 radical (unpaired) electrons. The summed E-state index contributed by atoms with van der Waals surface area (Å²) in [5.41, 5.74) is 0.530. The number of benzene rings is 1. The lowest BCUT2D eigenvalue weighted by Crippen LogP contribution is -2.67. The maximum absolute atomic E-state index is 14.5. The molecule has 1 heterocycles. The first-order valence-corrected chi connectivity index (χ1v) is 17.0. The molecule has 2 N–H and O–H groups in total. The van der Waals surface area contributed by atoms with Gasteiger partial charge in [-0.25, -0.2) is 0 Å². The van der Waals surface area contributed by atoms with Gasteiger partial charge in [-0.05, 0) is 100 Å². The van der Waals surface area contributed by atoms with Crippen molar-refractivity contribution in [2.45, 2.75) is 83.8 Å². The normalized spacial score (nSPS) is 41.8. The van der Waals surface area contributed by atoms with Crippen molar-refractivity contribution in [3.05, 3.63) is 81.6 Å². The summed E-state index contributed by atoms with van der Waals surface area (Å²) in [6.45, 7) is 8.43. The number of hydrogen-bond acceptors (Lipinski definition) is 5. The van der Waals surface area contributed by atoms with Crippen LogP contribution in [0.2, 0.25) is 0 Å². The van der Waals surface area contributed by atoms with Gasteiger partial charge in [0.15, 0.2) is 5.78 Å². The molecule has 6 aliphatic rings. The molecule has 3 fully saturated rings. The SMILES string of the molecule is Cc1ccc(C(=O)C2=C[C@@]34C=C[C@@]25[C@@H]2CC[C@@](O)(CN(C)CCc6ccccc6)[C@@]2(C)CC[C@@H]5[C@@]3(C)CCC(O)C4)s1. The highest BCUT2D eigenvalue weighted by molar-refractivity contribution is 7.14. The Morgan fingerprint density at radius 1 is 0.976 bits per heavy atom. The highest BCUT2D eigenvalue weighted by atomic mass is 32.1. The Morgan fingerprint density at radius 3 is 2.43 bits per heavy atom. The monoisotopic (exact) mass is 585 g/mol. The number of thiophene rings is 1. The van der Waals surface area contributed by atoms with Crippen LogP contribution < -0.4 is 0 Å². The summed E-state index contributed by atoms with van der Waals surface area (Å²) < 4.78 is 0. The minimum absolute atomic E-state index is 0.00460. The molecule has 1 aromatic carbocycles. The van der Waals surface area contributed by atoms with E-state index in [1.165, 1.54) is 5.56 Å². The third-order valence-corrected chi connectivity index (χ3v) is 14.1. The molecule has 42 heavy (non-hydrogen) atoms. The summed E-state index contributed by atoms with van der Waals surface area (Å²) in [5.74, 6) is 0.707. The van der Waals surface area contributed by atoms with Gasteiger partial charge in [-0.15, -0.1) is 11.3 Å². The molecule has 5 heteroatoms. The zero-order chi connectivity index (χ0) is 29.5. The van der Waals surface area contributed by atoms with Crippen LogP contribution in [0.5, 0.6) is 0 Å². The number of carbonyl (C=O) groups excluding carboxylic acids is 1. The predicted molar refractivity (Wildman–Crippen MR) is 170 cm³/mol. The van der Waals surface area contributed by atoms with E-state index >= 15 is 0 Å². The van der Waals surface area contributed by atoms with Gasteiger partial charge in [-0.3, -0.25) is 4.79 Å². The summed E-state index contributed by atoms with van der Waals surface area (Å²) >= 11 is 1.60. The molecular weight excluding hydrogens is 538 g/mol. The molecule has 3 saturated carbocycles. The number of fused-ring (bicyclic) bond motifs is 1. The molecule has 0 aliphatic heterocycles. The Balaban J connectivity index is 1.26. The fraction of sp³-hybridized carbons (Fsp3) is 0.595. The van der Waals surface area contributed by atoms with Gasteiger partial charge in [0.25, 0.3) is 0 Å². The number of aliphatic hydroxyl groups is 2. The number of aliphatic hydroxyl groups excluding tert-OH is 1. The van der Waals surface area contributed by atoms with Crippen molar-refractivity contribution in [3.8, 4) is 0 Å². The van der Waals surface area contributed by atoms with Gasteiger partial charge < -0.3 is 15.1 Å². The van der Waals surface area contributed by atoms with Crippen molar-refractivity contribution < 1.29 is 15.0 Å². The zero-order valence-corrected chi connectivity index (χ0v) is 26.6. The second kappa shape index (κ2) is 9.72. The third kappa shape index (κ3) is 3.85. The minimum atomic E-state index is -0.806. The van der Waals surface area contributed by atoms with Gasteiger partial charge >= 0.3 is 0 Å². The van der Waals surface area contributed by atoms with E-state index in [2.05, 4.69) is 87.3 Å². The number of likely N-dealkylation sites (N-methyl/N-ethyl adjacent to an activating group) is 1. The van der Waals surface area contributed by atoms with Gasteiger partial charge in [-0.2, -0.15) is 0 Å². The number of hydrogen-bond donors (Lipinski definition) is 2. The van der Waals surface area contributed by atoms with Gasteiger partial charge in [0, 0.05) is 39.8 Å². The van der Waals surface area contributed by atoms with Crippen LogP contribution in [0.15, 0.2) is 66.3 Å². The van der Waals surface area contributed by atoms with Crippen LogP contribution in [0.25, 0.3) is 0 Å². The van der Waals surface area contributed by atoms with Crippen molar-refractivity contribution in [2.75, 3.05) is 20.1 Å². The molecule has 224 valence electrons. The lowest BCUT2D eigenvalue weighted by molar-refractivity contribution is -0.175. The first-order chi connectivity index (χ1) is 20.0. The van der Waals surface area contributed by atoms with E-state index in [-0.39, 0.29) is 39.5 Å². The Morgan fingerprint density at radius 2 is 1.69 bits per heavy atom. The number of carbonyl (C=O) groups is 1. The summed E-state index contributed by atoms with van der Waals surface area (Å²) in [6.07, 6.45) is 14.0. The molecule has 0 amide bonds. The van der Waals surface area contributed by atoms with E-state index in [0.717, 1.165) is 66.8 Å². The standard InChI is InChI=1S/C37H47NO3S/c1-25-10-11-29(42-25)32(40)28-23-35-19-20-37(28)30(33(35,2)16-12-27(39)22-35)13-17-34(3)31(37)14-18-36(34,41)24-38(4)21-15-26-8-6-5-7-9-26/h5-11,19-20,23,27,30-31,39,41H,12-18,21-22,24H2,1-4H3/t27?,30-,31-,33-,34+,35+,36-,37-/m1/s1. The van der Waals surface area contributed by atoms with Crippen LogP contribution in [0, 0.1) is 40.4 Å². The second-order valence-corrected chi connectivity index (χ2v) is 16.3. The lowest BCUT2D eigenvalue weighted by atomic mass is 9.32. The van der Waals surface area contributed by atoms with Crippen molar-refractivity contribution in [1.82, 2.24) is 4.90 Å². The van der Waals surface area contributed by atoms with Crippen LogP contribution >= 0.6 is 11.3 Å². The first-order valence-electron chi connectivity index (χ1n) is 16.1. The van der Waals surface area contributed by atoms with Crippen molar-refractivity contribution >= 4 is 17.1 Å². The maximum Gasteiger partial charge on any atom is 0.199 e. The molecule has 1 unspecified atom stereocenters. The number of Topliss-reactive ketones (excluding diaryl/α,β-unsaturated/α-hetero) is 1. The average molecular weight is 586 g/mol. The third-order valence-electron chi connectivity index (χ3n) is 13.1. The average Bonchev–Trinajstić information content (AvgIpc) is 3.52. The molecule has 2 bridgehead atoms. The van der Waals surface area contributed by atoms with Crippen molar-refractivity contribution in [2.24, 2.45) is 33.5 Å². The molecule has 1 aromatic heterocycles. The maximum atomic E-state index is 14.5. The van der Waals surface area contributed by atoms with Gasteiger partial charge in [-0.1, -0.05) is 62.4 Å². The molecular formula is C37H47NO3S. The van der Waals surface area contributed by atoms with E-state index in [0.29, 0.717) is 18.9 Å². The van der Waals surface area contributed by atoms with E-state index < -0.39 is 5.60 Å². The number of allylic oxidation sites excluding steroid dienone is 4. The molecule has 2 spiro atoms. The van der Waals surface area contributed by atoms with E-state index in [1.54, 1.807) is 11.3 Å². The number of ketones is 1. The second-order valence-electron chi connectivity index (χ2n) is 15.0. The van der Waals surface area contributed by atoms with E-state index in [4.69, 9.17) is 0 Å². The van der Waals surface area contributed by atoms with Crippen LogP contribution in [0.3, 0.4) is 0 Å². The van der Waals surface area contributed by atoms with Crippen molar-refractivity contribution in [1.29, 1.82) is 0 Å². The molecule has 4 nitrogen and oxygen atoms in total. The highest BCUT2D eigenvalue weighted by Gasteiger charge is 2.74. The van der Waals surface area contributed by atoms with Crippen LogP contribution in [0.1, 0.15) is 78.9 Å². The van der Waals surface area contributed by atoms with Gasteiger partial charge in [0.05, 0.1) is 16.6 Å². The predicted octanol–water partition coefficient (Wildman–Crippen LogP) is 7.00. The van der Waals surface area contributed by atoms with Crippen molar-refractivity contribution in [3.63, 3.8) is 0 Å². The van der Waals surface area contributed by atoms with E-state index in [1.807, 2.05) is 6.07 Å². The molecule has 8 rings (SSSR count). The Hall–Kier alpha value is -2.05. The first kappa shape index (κ1) is 28.7. The molecule has 8 atom stereocenters. The lowest BCUT2D eigenvalue weighted by Gasteiger charge is -2.71. The number of aryl methyl sites for hydroxylation is 1. The molecule has 0 saturated heterocycles. The Kier molecular flexibility index (Phi) is 6.65.